The third-order valence-corrected chi connectivity index (χ3v) is 4.38. The molecule has 0 saturated heterocycles. The monoisotopic (exact) mass is 356 g/mol. The summed E-state index contributed by atoms with van der Waals surface area (Å²) in [6.07, 6.45) is 5.01. The molecule has 0 radical (unpaired) electrons. The second-order valence-corrected chi connectivity index (χ2v) is 6.27. The molecule has 2 amide bonds. The number of carbonyl (C=O) groups is 1. The number of amides is 2. The number of hydrogen-bond donors (Lipinski definition) is 2. The lowest BCUT2D eigenvalue weighted by molar-refractivity contribution is -0.0504. The third kappa shape index (κ3) is 6.86. The van der Waals surface area contributed by atoms with Crippen LogP contribution < -0.4 is 15.4 Å². The zero-order chi connectivity index (χ0) is 18.1. The molecule has 0 aromatic heterocycles. The Morgan fingerprint density at radius 1 is 1.24 bits per heavy atom. The van der Waals surface area contributed by atoms with Gasteiger partial charge in [0.1, 0.15) is 5.75 Å². The van der Waals surface area contributed by atoms with Crippen LogP contribution in [0.15, 0.2) is 24.3 Å². The summed E-state index contributed by atoms with van der Waals surface area (Å²) in [7, 11) is 0. The van der Waals surface area contributed by atoms with Crippen molar-refractivity contribution in [2.24, 2.45) is 5.92 Å². The lowest BCUT2D eigenvalue weighted by Gasteiger charge is -2.28. The molecular weight excluding hydrogens is 330 g/mol. The molecule has 7 heteroatoms. The van der Waals surface area contributed by atoms with Gasteiger partial charge in [0.05, 0.1) is 12.7 Å². The first-order valence-corrected chi connectivity index (χ1v) is 8.72. The topological polar surface area (TPSA) is 59.6 Å². The number of rotatable bonds is 8. The Morgan fingerprint density at radius 3 is 2.76 bits per heavy atom. The lowest BCUT2D eigenvalue weighted by atomic mass is 9.88. The Hall–Kier alpha value is -1.89. The average molecular weight is 356 g/mol. The first-order chi connectivity index (χ1) is 12.1. The van der Waals surface area contributed by atoms with E-state index >= 15 is 0 Å². The van der Waals surface area contributed by atoms with Gasteiger partial charge in [0.2, 0.25) is 0 Å². The standard InChI is InChI=1S/C18H26F2N2O3/c1-13-6-2-4-8-15(13)24-11-10-21-18(23)22-12-14-7-3-5-9-16(14)25-17(19)20/h3,5,7,9,13,15,17H,2,4,6,8,10-12H2,1H3,(H2,21,22,23). The van der Waals surface area contributed by atoms with Gasteiger partial charge in [-0.15, -0.1) is 0 Å². The maximum absolute atomic E-state index is 12.4. The number of hydrogen-bond acceptors (Lipinski definition) is 3. The number of para-hydroxylation sites is 1. The van der Waals surface area contributed by atoms with Crippen LogP contribution in [0.4, 0.5) is 13.6 Å². The highest BCUT2D eigenvalue weighted by molar-refractivity contribution is 5.73. The first kappa shape index (κ1) is 19.4. The molecule has 1 aliphatic rings. The van der Waals surface area contributed by atoms with Crippen molar-refractivity contribution in [3.8, 4) is 5.75 Å². The van der Waals surface area contributed by atoms with Crippen LogP contribution in [0, 0.1) is 5.92 Å². The predicted molar refractivity (Wildman–Crippen MR) is 90.7 cm³/mol. The Morgan fingerprint density at radius 2 is 2.00 bits per heavy atom. The molecule has 5 nitrogen and oxygen atoms in total. The van der Waals surface area contributed by atoms with E-state index in [1.807, 2.05) is 0 Å². The molecule has 1 aliphatic carbocycles. The van der Waals surface area contributed by atoms with Crippen LogP contribution in [-0.4, -0.2) is 31.9 Å². The highest BCUT2D eigenvalue weighted by atomic mass is 19.3. The normalized spacial score (nSPS) is 20.3. The van der Waals surface area contributed by atoms with Crippen molar-refractivity contribution in [2.75, 3.05) is 13.2 Å². The van der Waals surface area contributed by atoms with E-state index in [4.69, 9.17) is 4.74 Å². The van der Waals surface area contributed by atoms with Crippen molar-refractivity contribution in [1.29, 1.82) is 0 Å². The second-order valence-electron chi connectivity index (χ2n) is 6.27. The molecule has 1 aromatic carbocycles. The summed E-state index contributed by atoms with van der Waals surface area (Å²) >= 11 is 0. The van der Waals surface area contributed by atoms with E-state index in [0.717, 1.165) is 6.42 Å². The van der Waals surface area contributed by atoms with Crippen LogP contribution in [0.25, 0.3) is 0 Å². The van der Waals surface area contributed by atoms with Gasteiger partial charge in [-0.3, -0.25) is 0 Å². The molecule has 0 heterocycles. The molecule has 2 N–H and O–H groups in total. The minimum absolute atomic E-state index is 0.0624. The van der Waals surface area contributed by atoms with Crippen LogP contribution >= 0.6 is 0 Å². The van der Waals surface area contributed by atoms with Crippen LogP contribution in [0.1, 0.15) is 38.2 Å². The molecule has 2 rings (SSSR count). The highest BCUT2D eigenvalue weighted by Crippen LogP contribution is 2.26. The summed E-state index contributed by atoms with van der Waals surface area (Å²) in [5.74, 6) is 0.626. The summed E-state index contributed by atoms with van der Waals surface area (Å²) in [6.45, 7) is 0.282. The number of benzene rings is 1. The summed E-state index contributed by atoms with van der Waals surface area (Å²) in [5.41, 5.74) is 0.491. The zero-order valence-electron chi connectivity index (χ0n) is 14.5. The zero-order valence-corrected chi connectivity index (χ0v) is 14.5. The molecule has 1 aromatic rings. The number of halogens is 2. The number of alkyl halides is 2. The third-order valence-electron chi connectivity index (χ3n) is 4.38. The number of ether oxygens (including phenoxy) is 2. The fraction of sp³-hybridized carbons (Fsp3) is 0.611. The van der Waals surface area contributed by atoms with Crippen molar-refractivity contribution in [3.05, 3.63) is 29.8 Å². The molecule has 2 unspecified atom stereocenters. The minimum atomic E-state index is -2.89. The maximum atomic E-state index is 12.4. The minimum Gasteiger partial charge on any atom is -0.434 e. The van der Waals surface area contributed by atoms with Gasteiger partial charge in [-0.2, -0.15) is 8.78 Å². The van der Waals surface area contributed by atoms with E-state index < -0.39 is 6.61 Å². The van der Waals surface area contributed by atoms with E-state index in [0.29, 0.717) is 24.6 Å². The van der Waals surface area contributed by atoms with E-state index in [1.165, 1.54) is 25.3 Å². The quantitative estimate of drug-likeness (QED) is 0.699. The van der Waals surface area contributed by atoms with Crippen molar-refractivity contribution >= 4 is 6.03 Å². The Labute approximate surface area is 147 Å². The van der Waals surface area contributed by atoms with Crippen molar-refractivity contribution in [2.45, 2.75) is 51.9 Å². The molecule has 0 aliphatic heterocycles. The van der Waals surface area contributed by atoms with Crippen molar-refractivity contribution in [3.63, 3.8) is 0 Å². The highest BCUT2D eigenvalue weighted by Gasteiger charge is 2.21. The lowest BCUT2D eigenvalue weighted by Crippen LogP contribution is -2.38. The van der Waals surface area contributed by atoms with Gasteiger partial charge in [0.15, 0.2) is 0 Å². The second kappa shape index (κ2) is 10.2. The van der Waals surface area contributed by atoms with E-state index in [-0.39, 0.29) is 24.4 Å². The van der Waals surface area contributed by atoms with Crippen LogP contribution in [0.3, 0.4) is 0 Å². The Kier molecular flexibility index (Phi) is 7.91. The SMILES string of the molecule is CC1CCCCC1OCCNC(=O)NCc1ccccc1OC(F)F. The molecule has 25 heavy (non-hydrogen) atoms. The van der Waals surface area contributed by atoms with E-state index in [9.17, 15) is 13.6 Å². The van der Waals surface area contributed by atoms with E-state index in [1.54, 1.807) is 18.2 Å². The largest absolute Gasteiger partial charge is 0.434 e. The number of nitrogens with one attached hydrogen (secondary N) is 2. The fourth-order valence-corrected chi connectivity index (χ4v) is 3.00. The first-order valence-electron chi connectivity index (χ1n) is 8.72. The van der Waals surface area contributed by atoms with Gasteiger partial charge in [0.25, 0.3) is 0 Å². The molecule has 0 spiro atoms. The van der Waals surface area contributed by atoms with Gasteiger partial charge in [-0.25, -0.2) is 4.79 Å². The average Bonchev–Trinajstić information content (AvgIpc) is 2.59. The molecule has 2 atom stereocenters. The van der Waals surface area contributed by atoms with Crippen molar-refractivity contribution < 1.29 is 23.0 Å². The molecule has 1 fully saturated rings. The predicted octanol–water partition coefficient (Wildman–Crippen LogP) is 3.68. The summed E-state index contributed by atoms with van der Waals surface area (Å²) < 4.78 is 35.0. The Balaban J connectivity index is 1.65. The number of carbonyl (C=O) groups excluding carboxylic acids is 1. The Bertz CT molecular complexity index is 543. The fourth-order valence-electron chi connectivity index (χ4n) is 3.00. The smallest absolute Gasteiger partial charge is 0.387 e. The van der Waals surface area contributed by atoms with Gasteiger partial charge < -0.3 is 20.1 Å². The summed E-state index contributed by atoms with van der Waals surface area (Å²) in [6, 6.07) is 6.01. The van der Waals surface area contributed by atoms with Crippen LogP contribution in [-0.2, 0) is 11.3 Å². The van der Waals surface area contributed by atoms with E-state index in [2.05, 4.69) is 22.3 Å². The molecule has 1 saturated carbocycles. The van der Waals surface area contributed by atoms with Gasteiger partial charge in [-0.05, 0) is 24.8 Å². The molecular formula is C18H26F2N2O3. The van der Waals surface area contributed by atoms with Crippen LogP contribution in [0.5, 0.6) is 5.75 Å². The van der Waals surface area contributed by atoms with Crippen LogP contribution in [0.2, 0.25) is 0 Å². The summed E-state index contributed by atoms with van der Waals surface area (Å²) in [4.78, 5) is 11.8. The van der Waals surface area contributed by atoms with Gasteiger partial charge in [-0.1, -0.05) is 38.0 Å². The molecule has 0 bridgehead atoms. The summed E-state index contributed by atoms with van der Waals surface area (Å²) in [5, 5.41) is 5.33. The van der Waals surface area contributed by atoms with Gasteiger partial charge >= 0.3 is 12.6 Å². The van der Waals surface area contributed by atoms with Gasteiger partial charge in [0, 0.05) is 18.7 Å². The molecule has 140 valence electrons. The maximum Gasteiger partial charge on any atom is 0.387 e. The van der Waals surface area contributed by atoms with Crippen molar-refractivity contribution in [1.82, 2.24) is 10.6 Å². The number of urea groups is 1.